The molecule has 0 unspecified atom stereocenters. The maximum absolute atomic E-state index is 8.36. The summed E-state index contributed by atoms with van der Waals surface area (Å²) in [4.78, 5) is 4.45. The molecule has 1 N–H and O–H groups in total. The van der Waals surface area contributed by atoms with Crippen LogP contribution in [0.2, 0.25) is 0 Å². The van der Waals surface area contributed by atoms with Crippen molar-refractivity contribution in [1.82, 2.24) is 9.55 Å². The Balaban J connectivity index is 2.41. The van der Waals surface area contributed by atoms with Gasteiger partial charge in [-0.15, -0.1) is 0 Å². The summed E-state index contributed by atoms with van der Waals surface area (Å²) in [5, 5.41) is 9.16. The van der Waals surface area contributed by atoms with E-state index in [0.717, 1.165) is 16.6 Å². The van der Waals surface area contributed by atoms with Crippen molar-refractivity contribution >= 4 is 10.9 Å². The maximum atomic E-state index is 8.36. The van der Waals surface area contributed by atoms with Crippen LogP contribution in [0.4, 0.5) is 0 Å². The highest BCUT2D eigenvalue weighted by Crippen LogP contribution is 2.16. The highest BCUT2D eigenvalue weighted by Gasteiger charge is 2.09. The average Bonchev–Trinajstić information content (AvgIpc) is 2.48. The molecule has 0 aliphatic heterocycles. The Hall–Kier alpha value is -2.62. The molecule has 1 aromatic heterocycles. The average molecular weight is 251 g/mol. The third kappa shape index (κ3) is 1.87. The van der Waals surface area contributed by atoms with Crippen LogP contribution in [0.3, 0.4) is 0 Å². The minimum absolute atomic E-state index is 0.369. The van der Waals surface area contributed by atoms with Crippen LogP contribution in [0.15, 0.2) is 54.6 Å². The Morgan fingerprint density at radius 3 is 2.42 bits per heavy atom. The molecule has 19 heavy (non-hydrogen) atoms. The molecular formula is C15H13N3O. The second-order valence-corrected chi connectivity index (χ2v) is 4.14. The molecule has 0 saturated heterocycles. The lowest BCUT2D eigenvalue weighted by Crippen LogP contribution is -2.21. The summed E-state index contributed by atoms with van der Waals surface area (Å²) in [5.74, 6) is 0. The van der Waals surface area contributed by atoms with Gasteiger partial charge in [0, 0.05) is 5.39 Å². The van der Waals surface area contributed by atoms with E-state index >= 15 is 0 Å². The van der Waals surface area contributed by atoms with Crippen LogP contribution in [0.1, 0.15) is 0 Å². The molecule has 94 valence electrons. The Labute approximate surface area is 110 Å². The summed E-state index contributed by atoms with van der Waals surface area (Å²) >= 11 is 0. The lowest BCUT2D eigenvalue weighted by atomic mass is 10.2. The first-order valence-corrected chi connectivity index (χ1v) is 5.97. The molecule has 0 atom stereocenters. The molecule has 1 heterocycles. The summed E-state index contributed by atoms with van der Waals surface area (Å²) in [6.07, 6.45) is 0. The summed E-state index contributed by atoms with van der Waals surface area (Å²) in [6.45, 7) is 0. The normalized spacial score (nSPS) is 10.6. The van der Waals surface area contributed by atoms with Crippen LogP contribution in [0, 0.1) is 5.41 Å². The minimum atomic E-state index is 0.369. The number of hydrogen-bond acceptors (Lipinski definition) is 3. The van der Waals surface area contributed by atoms with E-state index in [1.54, 1.807) is 11.7 Å². The van der Waals surface area contributed by atoms with Gasteiger partial charge in [0.15, 0.2) is 0 Å². The van der Waals surface area contributed by atoms with Crippen LogP contribution in [-0.2, 0) is 0 Å². The molecule has 0 aliphatic carbocycles. The largest absolute Gasteiger partial charge is 0.468 e. The molecule has 0 amide bonds. The minimum Gasteiger partial charge on any atom is -0.468 e. The van der Waals surface area contributed by atoms with Crippen molar-refractivity contribution < 1.29 is 4.74 Å². The zero-order valence-electron chi connectivity index (χ0n) is 10.5. The quantitative estimate of drug-likeness (QED) is 0.760. The molecule has 3 rings (SSSR count). The van der Waals surface area contributed by atoms with E-state index in [1.165, 1.54) is 0 Å². The number of para-hydroxylation sites is 2. The first-order valence-electron chi connectivity index (χ1n) is 5.97. The lowest BCUT2D eigenvalue weighted by Gasteiger charge is -2.13. The number of rotatable bonds is 2. The lowest BCUT2D eigenvalue weighted by molar-refractivity contribution is 0.367. The number of fused-ring (bicyclic) bond motifs is 1. The van der Waals surface area contributed by atoms with Crippen LogP contribution in [0.25, 0.3) is 16.6 Å². The van der Waals surface area contributed by atoms with E-state index in [-0.39, 0.29) is 0 Å². The Morgan fingerprint density at radius 1 is 1.00 bits per heavy atom. The van der Waals surface area contributed by atoms with E-state index < -0.39 is 0 Å². The van der Waals surface area contributed by atoms with E-state index in [9.17, 15) is 0 Å². The number of ether oxygens (including phenoxy) is 1. The second-order valence-electron chi connectivity index (χ2n) is 4.14. The van der Waals surface area contributed by atoms with Gasteiger partial charge in [0.05, 0.1) is 18.3 Å². The van der Waals surface area contributed by atoms with Gasteiger partial charge in [0.2, 0.25) is 0 Å². The highest BCUT2D eigenvalue weighted by atomic mass is 16.5. The number of hydrogen-bond donors (Lipinski definition) is 1. The van der Waals surface area contributed by atoms with Crippen LogP contribution in [-0.4, -0.2) is 16.7 Å². The first kappa shape index (κ1) is 11.5. The summed E-state index contributed by atoms with van der Waals surface area (Å²) < 4.78 is 7.02. The standard InChI is InChI=1S/C15H13N3O/c1-19-15-17-13-10-6-5-9-12(13)14(16)18(15)11-7-3-2-4-8-11/h2-10,16H,1H3. The van der Waals surface area contributed by atoms with Gasteiger partial charge >= 0.3 is 6.01 Å². The number of methoxy groups -OCH3 is 1. The van der Waals surface area contributed by atoms with Gasteiger partial charge < -0.3 is 4.74 Å². The SMILES string of the molecule is COc1nc2ccccc2c(=N)n1-c1ccccc1. The molecule has 0 spiro atoms. The Kier molecular flexibility index (Phi) is 2.76. The molecule has 4 heteroatoms. The molecule has 0 aliphatic rings. The molecule has 0 bridgehead atoms. The molecule has 4 nitrogen and oxygen atoms in total. The summed E-state index contributed by atoms with van der Waals surface area (Å²) in [6, 6.07) is 17.6. The fourth-order valence-corrected chi connectivity index (χ4v) is 2.09. The zero-order valence-corrected chi connectivity index (χ0v) is 10.5. The maximum Gasteiger partial charge on any atom is 0.302 e. The zero-order chi connectivity index (χ0) is 13.2. The molecule has 0 radical (unpaired) electrons. The van der Waals surface area contributed by atoms with Gasteiger partial charge in [0.25, 0.3) is 0 Å². The Morgan fingerprint density at radius 2 is 1.68 bits per heavy atom. The van der Waals surface area contributed by atoms with Crippen molar-refractivity contribution in [1.29, 1.82) is 5.41 Å². The van der Waals surface area contributed by atoms with E-state index in [4.69, 9.17) is 10.1 Å². The van der Waals surface area contributed by atoms with Crippen LogP contribution in [0.5, 0.6) is 6.01 Å². The van der Waals surface area contributed by atoms with Crippen molar-refractivity contribution in [3.63, 3.8) is 0 Å². The van der Waals surface area contributed by atoms with Gasteiger partial charge in [-0.05, 0) is 24.3 Å². The van der Waals surface area contributed by atoms with E-state index in [1.807, 2.05) is 54.6 Å². The van der Waals surface area contributed by atoms with Crippen molar-refractivity contribution in [3.8, 4) is 11.7 Å². The summed E-state index contributed by atoms with van der Waals surface area (Å²) in [5.41, 5.74) is 1.99. The fourth-order valence-electron chi connectivity index (χ4n) is 2.09. The van der Waals surface area contributed by atoms with E-state index in [0.29, 0.717) is 11.5 Å². The monoisotopic (exact) mass is 251 g/mol. The predicted molar refractivity (Wildman–Crippen MR) is 73.5 cm³/mol. The highest BCUT2D eigenvalue weighted by molar-refractivity contribution is 5.77. The molecule has 0 saturated carbocycles. The van der Waals surface area contributed by atoms with Crippen molar-refractivity contribution in [2.24, 2.45) is 0 Å². The second kappa shape index (κ2) is 4.57. The summed E-state index contributed by atoms with van der Waals surface area (Å²) in [7, 11) is 1.57. The van der Waals surface area contributed by atoms with Crippen molar-refractivity contribution in [3.05, 3.63) is 60.1 Å². The number of aromatic nitrogens is 2. The third-order valence-electron chi connectivity index (χ3n) is 2.99. The number of nitrogens with zero attached hydrogens (tertiary/aromatic N) is 2. The van der Waals surface area contributed by atoms with E-state index in [2.05, 4.69) is 4.98 Å². The fraction of sp³-hybridized carbons (Fsp3) is 0.0667. The van der Waals surface area contributed by atoms with Gasteiger partial charge in [-0.3, -0.25) is 5.41 Å². The van der Waals surface area contributed by atoms with Gasteiger partial charge in [-0.1, -0.05) is 30.3 Å². The Bertz CT molecular complexity index is 778. The van der Waals surface area contributed by atoms with Crippen LogP contribution < -0.4 is 10.2 Å². The molecule has 2 aromatic carbocycles. The third-order valence-corrected chi connectivity index (χ3v) is 2.99. The van der Waals surface area contributed by atoms with Gasteiger partial charge in [0.1, 0.15) is 5.49 Å². The first-order chi connectivity index (χ1) is 9.31. The number of nitrogens with one attached hydrogen (secondary N) is 1. The number of benzene rings is 2. The van der Waals surface area contributed by atoms with Gasteiger partial charge in [-0.25, -0.2) is 4.57 Å². The van der Waals surface area contributed by atoms with Crippen molar-refractivity contribution in [2.45, 2.75) is 0 Å². The van der Waals surface area contributed by atoms with Crippen LogP contribution >= 0.6 is 0 Å². The molecule has 0 fully saturated rings. The smallest absolute Gasteiger partial charge is 0.302 e. The predicted octanol–water partition coefficient (Wildman–Crippen LogP) is 2.51. The van der Waals surface area contributed by atoms with Crippen molar-refractivity contribution in [2.75, 3.05) is 7.11 Å². The molecule has 3 aromatic rings. The topological polar surface area (TPSA) is 50.9 Å². The molecular weight excluding hydrogens is 238 g/mol. The van der Waals surface area contributed by atoms with Gasteiger partial charge in [-0.2, -0.15) is 4.98 Å².